The summed E-state index contributed by atoms with van der Waals surface area (Å²) >= 11 is 2.46. The molecule has 4 heterocycles. The molecule has 5 aromatic rings. The second-order valence-electron chi connectivity index (χ2n) is 17.9. The van der Waals surface area contributed by atoms with Gasteiger partial charge in [0.1, 0.15) is 12.1 Å². The summed E-state index contributed by atoms with van der Waals surface area (Å²) in [6.45, 7) is 7.76. The van der Waals surface area contributed by atoms with Gasteiger partial charge in [0.25, 0.3) is 15.9 Å². The summed E-state index contributed by atoms with van der Waals surface area (Å²) in [4.78, 5) is 91.7. The van der Waals surface area contributed by atoms with Crippen LogP contribution in [0.25, 0.3) is 16.5 Å². The Bertz CT molecular complexity index is 2900. The zero-order valence-electron chi connectivity index (χ0n) is 40.2. The van der Waals surface area contributed by atoms with Crippen molar-refractivity contribution in [1.82, 2.24) is 35.8 Å². The van der Waals surface area contributed by atoms with Crippen LogP contribution in [-0.2, 0) is 47.0 Å². The lowest BCUT2D eigenvalue weighted by atomic mass is 9.85. The van der Waals surface area contributed by atoms with E-state index in [1.54, 1.807) is 37.6 Å². The van der Waals surface area contributed by atoms with Crippen molar-refractivity contribution in [2.24, 2.45) is 5.41 Å². The summed E-state index contributed by atoms with van der Waals surface area (Å²) in [5.41, 5.74) is 4.64. The fourth-order valence-electron chi connectivity index (χ4n) is 7.52. The number of carbonyl (C=O) groups is 5. The summed E-state index contributed by atoms with van der Waals surface area (Å²) in [6.07, 6.45) is 4.16. The van der Waals surface area contributed by atoms with E-state index in [1.165, 1.54) is 66.8 Å². The van der Waals surface area contributed by atoms with E-state index < -0.39 is 62.2 Å². The fraction of sp³-hybridized carbons (Fsp3) is 0.375. The molecule has 1 saturated heterocycles. The molecule has 72 heavy (non-hydrogen) atoms. The van der Waals surface area contributed by atoms with Crippen molar-refractivity contribution in [2.45, 2.75) is 95.8 Å². The topological polar surface area (TPSA) is 294 Å². The van der Waals surface area contributed by atoms with Gasteiger partial charge in [-0.05, 0) is 79.1 Å². The normalized spacial score (nSPS) is 15.2. The highest BCUT2D eigenvalue weighted by atomic mass is 32.2. The van der Waals surface area contributed by atoms with Crippen molar-refractivity contribution in [1.29, 1.82) is 0 Å². The smallest absolute Gasteiger partial charge is 0.324 e. The lowest BCUT2D eigenvalue weighted by Gasteiger charge is -2.35. The minimum Gasteiger partial charge on any atom is -0.478 e. The van der Waals surface area contributed by atoms with Gasteiger partial charge < -0.3 is 36.0 Å². The Balaban J connectivity index is 0.908. The molecule has 6 N–H and O–H groups in total. The number of anilines is 2. The molecule has 0 aliphatic carbocycles. The summed E-state index contributed by atoms with van der Waals surface area (Å²) in [6, 6.07) is 14.0. The van der Waals surface area contributed by atoms with Crippen LogP contribution in [0, 0.1) is 22.5 Å². The Kier molecular flexibility index (Phi) is 18.3. The van der Waals surface area contributed by atoms with Gasteiger partial charge in [-0.15, -0.1) is 11.3 Å². The maximum atomic E-state index is 14.0. The van der Waals surface area contributed by atoms with Gasteiger partial charge in [-0.1, -0.05) is 56.4 Å². The largest absolute Gasteiger partial charge is 0.478 e. The number of nitrogens with zero attached hydrogens (tertiary/aromatic N) is 5. The standard InChI is InChI=1S/C48H56N10O11S3/c1-29-42(70-28-52-29)31-13-11-30(12-14-31)25-51-45(63)37-24-34(59)27-57(37)47(64)43(48(2,3)4)55-39(61)10-6-9-38(60)49-23-7-8-33-26-50-44(46(54-33)69-5)56-72(67,68)36-19-15-32(16-20-36)53-40(62)21-17-35-18-22-41(71-35)58(65)66/h11-22,26,28,34,37,43,59H,6-10,23-25,27H2,1-5H3,(H,49,60)(H,50,56)(H,51,63)(H,53,62)(H,55,61)/b21-17+/t34-,37+,43-/m1/s1. The summed E-state index contributed by atoms with van der Waals surface area (Å²) < 4.78 is 34.1. The number of β-amino-alcohol motifs (C(OH)–C–C–N with tert-alkyl or cyclic N) is 1. The van der Waals surface area contributed by atoms with Crippen LogP contribution in [0.5, 0.6) is 5.88 Å². The predicted octanol–water partition coefficient (Wildman–Crippen LogP) is 5.37. The first-order valence-corrected chi connectivity index (χ1v) is 26.0. The highest BCUT2D eigenvalue weighted by molar-refractivity contribution is 7.92. The van der Waals surface area contributed by atoms with Crippen LogP contribution < -0.4 is 30.7 Å². The molecule has 21 nitrogen and oxygen atoms in total. The van der Waals surface area contributed by atoms with Gasteiger partial charge in [0.05, 0.1) is 51.0 Å². The van der Waals surface area contributed by atoms with Crippen LogP contribution in [0.15, 0.2) is 83.3 Å². The number of aryl methyl sites for hydroxylation is 2. The molecule has 0 bridgehead atoms. The van der Waals surface area contributed by atoms with Crippen molar-refractivity contribution in [3.63, 3.8) is 0 Å². The summed E-state index contributed by atoms with van der Waals surface area (Å²) in [5.74, 6) is -2.40. The molecular weight excluding hydrogens is 989 g/mol. The van der Waals surface area contributed by atoms with Crippen LogP contribution in [-0.4, -0.2) is 106 Å². The molecule has 0 saturated carbocycles. The number of hydrogen-bond donors (Lipinski definition) is 6. The van der Waals surface area contributed by atoms with Crippen molar-refractivity contribution >= 4 is 84.8 Å². The number of ether oxygens (including phenoxy) is 1. The van der Waals surface area contributed by atoms with Gasteiger partial charge in [0.2, 0.25) is 35.4 Å². The van der Waals surface area contributed by atoms with Gasteiger partial charge >= 0.3 is 5.00 Å². The number of aliphatic hydroxyl groups is 1. The number of methoxy groups -OCH3 is 1. The Morgan fingerprint density at radius 3 is 2.36 bits per heavy atom. The Morgan fingerprint density at radius 2 is 1.71 bits per heavy atom. The number of carbonyl (C=O) groups excluding carboxylic acids is 5. The van der Waals surface area contributed by atoms with Crippen molar-refractivity contribution < 1.29 is 47.2 Å². The number of nitro groups is 1. The molecule has 3 atom stereocenters. The minimum absolute atomic E-state index is 0.0385. The number of aliphatic hydroxyl groups excluding tert-OH is 1. The predicted molar refractivity (Wildman–Crippen MR) is 271 cm³/mol. The minimum atomic E-state index is -4.17. The molecule has 1 aliphatic heterocycles. The molecule has 6 rings (SSSR count). The SMILES string of the molecule is COc1nc(CCCNC(=O)CCCC(=O)N[C@H](C(=O)N2C[C@H](O)C[C@H]2C(=O)NCc2ccc(-c3scnc3C)cc2)C(C)(C)C)cnc1NS(=O)(=O)c1ccc(NC(=O)/C=C/c2ccc([N+](=O)[O-])s2)cc1. The number of amides is 5. The second-order valence-corrected chi connectivity index (χ2v) is 21.5. The molecule has 24 heteroatoms. The van der Waals surface area contributed by atoms with Gasteiger partial charge in [-0.2, -0.15) is 0 Å². The lowest BCUT2D eigenvalue weighted by Crippen LogP contribution is -2.57. The Morgan fingerprint density at radius 1 is 0.986 bits per heavy atom. The van der Waals surface area contributed by atoms with Gasteiger partial charge in [0.15, 0.2) is 0 Å². The third-order valence-electron chi connectivity index (χ3n) is 11.3. The van der Waals surface area contributed by atoms with Gasteiger partial charge in [0, 0.05) is 61.6 Å². The molecule has 1 aliphatic rings. The zero-order valence-corrected chi connectivity index (χ0v) is 42.6. The van der Waals surface area contributed by atoms with E-state index in [0.717, 1.165) is 33.0 Å². The first kappa shape index (κ1) is 54.2. The maximum absolute atomic E-state index is 14.0. The number of thiophene rings is 1. The van der Waals surface area contributed by atoms with E-state index in [4.69, 9.17) is 4.74 Å². The third kappa shape index (κ3) is 14.9. The van der Waals surface area contributed by atoms with Crippen LogP contribution in [0.1, 0.15) is 74.7 Å². The average molecular weight is 1050 g/mol. The number of thiazole rings is 1. The summed E-state index contributed by atoms with van der Waals surface area (Å²) in [7, 11) is -2.86. The molecular formula is C48H56N10O11S3. The first-order chi connectivity index (χ1) is 34.2. The lowest BCUT2D eigenvalue weighted by molar-refractivity contribution is -0.380. The van der Waals surface area contributed by atoms with Crippen LogP contribution in [0.4, 0.5) is 16.5 Å². The van der Waals surface area contributed by atoms with Crippen LogP contribution in [0.2, 0.25) is 0 Å². The van der Waals surface area contributed by atoms with Crippen LogP contribution >= 0.6 is 22.7 Å². The second kappa shape index (κ2) is 24.3. The average Bonchev–Trinajstić information content (AvgIpc) is 4.11. The molecule has 3 aromatic heterocycles. The zero-order chi connectivity index (χ0) is 52.2. The molecule has 2 aromatic carbocycles. The van der Waals surface area contributed by atoms with E-state index >= 15 is 0 Å². The van der Waals surface area contributed by atoms with E-state index in [9.17, 15) is 47.6 Å². The highest BCUT2D eigenvalue weighted by Crippen LogP contribution is 2.30. The van der Waals surface area contributed by atoms with Crippen molar-refractivity contribution in [3.05, 3.63) is 110 Å². The quantitative estimate of drug-likeness (QED) is 0.0220. The van der Waals surface area contributed by atoms with E-state index in [0.29, 0.717) is 29.1 Å². The molecule has 0 radical (unpaired) electrons. The van der Waals surface area contributed by atoms with Crippen molar-refractivity contribution in [2.75, 3.05) is 30.2 Å². The number of likely N-dealkylation sites (tertiary alicyclic amines) is 1. The van der Waals surface area contributed by atoms with E-state index in [2.05, 4.69) is 40.9 Å². The monoisotopic (exact) mass is 1040 g/mol. The number of hydrogen-bond acceptors (Lipinski definition) is 16. The number of aromatic nitrogens is 3. The van der Waals surface area contributed by atoms with Gasteiger partial charge in [-0.3, -0.25) is 38.8 Å². The summed E-state index contributed by atoms with van der Waals surface area (Å²) in [5, 5.41) is 32.5. The molecule has 1 fully saturated rings. The molecule has 0 spiro atoms. The molecule has 382 valence electrons. The number of rotatable bonds is 22. The van der Waals surface area contributed by atoms with Gasteiger partial charge in [-0.25, -0.2) is 23.4 Å². The third-order valence-corrected chi connectivity index (χ3v) is 14.6. The maximum Gasteiger partial charge on any atom is 0.324 e. The number of nitrogens with one attached hydrogen (secondary N) is 5. The number of benzene rings is 2. The fourth-order valence-corrected chi connectivity index (χ4v) is 10.1. The Labute approximate surface area is 424 Å². The molecule has 5 amide bonds. The molecule has 0 unspecified atom stereocenters. The number of sulfonamides is 1. The Hall–Kier alpha value is -7.15. The van der Waals surface area contributed by atoms with Crippen molar-refractivity contribution in [3.8, 4) is 16.3 Å². The first-order valence-electron chi connectivity index (χ1n) is 22.8. The van der Waals surface area contributed by atoms with E-state index in [-0.39, 0.29) is 72.8 Å². The van der Waals surface area contributed by atoms with E-state index in [1.807, 2.05) is 31.2 Å². The van der Waals surface area contributed by atoms with Crippen LogP contribution in [0.3, 0.4) is 0 Å². The highest BCUT2D eigenvalue weighted by Gasteiger charge is 2.44.